The van der Waals surface area contributed by atoms with Crippen molar-refractivity contribution in [2.75, 3.05) is 14.2 Å². The van der Waals surface area contributed by atoms with Crippen molar-refractivity contribution in [3.8, 4) is 23.8 Å². The topological polar surface area (TPSA) is 115 Å². The second kappa shape index (κ2) is 6.06. The summed E-state index contributed by atoms with van der Waals surface area (Å²) < 4.78 is 15.1. The van der Waals surface area contributed by atoms with Gasteiger partial charge in [-0.3, -0.25) is 0 Å². The monoisotopic (exact) mass is 281 g/mol. The molecule has 0 radical (unpaired) electrons. The number of nitriles is 1. The maximum Gasteiger partial charge on any atom is 0.346 e. The molecule has 8 heteroatoms. The van der Waals surface area contributed by atoms with Gasteiger partial charge < -0.3 is 19.3 Å². The van der Waals surface area contributed by atoms with Crippen LogP contribution in [0.4, 0.5) is 0 Å². The highest BCUT2D eigenvalue weighted by atomic mass is 16.5. The molecule has 20 heavy (non-hydrogen) atoms. The number of carboxylic acids is 1. The summed E-state index contributed by atoms with van der Waals surface area (Å²) in [7, 11) is 2.78. The average Bonchev–Trinajstić information content (AvgIpc) is 2.43. The zero-order valence-corrected chi connectivity index (χ0v) is 11.6. The number of hydrogen-bond acceptors (Lipinski definition) is 7. The van der Waals surface area contributed by atoms with Crippen molar-refractivity contribution in [3.05, 3.63) is 6.07 Å². The molecule has 0 amide bonds. The first-order chi connectivity index (χ1) is 9.33. The third kappa shape index (κ3) is 3.47. The van der Waals surface area contributed by atoms with Crippen molar-refractivity contribution in [2.45, 2.75) is 20.0 Å². The van der Waals surface area contributed by atoms with Crippen LogP contribution in [0.1, 0.15) is 13.8 Å². The van der Waals surface area contributed by atoms with Gasteiger partial charge in [0.15, 0.2) is 0 Å². The molecule has 0 aromatic carbocycles. The molecular formula is C12H15N3O5. The standard InChI is InChI=1S/C12H15N3O5/c1-12(2,6-13)9(10(16)17)20-11-14-7(18-3)5-8(15-11)19-4/h5,9H,1-4H3,(H,16,17). The molecule has 0 spiro atoms. The molecule has 1 atom stereocenters. The zero-order valence-electron chi connectivity index (χ0n) is 11.6. The minimum Gasteiger partial charge on any atom is -0.481 e. The number of ether oxygens (including phenoxy) is 3. The molecule has 1 rings (SSSR count). The fourth-order valence-corrected chi connectivity index (χ4v) is 1.32. The van der Waals surface area contributed by atoms with E-state index < -0.39 is 17.5 Å². The third-order valence-electron chi connectivity index (χ3n) is 2.47. The fourth-order valence-electron chi connectivity index (χ4n) is 1.32. The lowest BCUT2D eigenvalue weighted by molar-refractivity contribution is -0.149. The molecule has 1 aromatic rings. The van der Waals surface area contributed by atoms with Crippen LogP contribution in [0.5, 0.6) is 17.8 Å². The molecule has 0 fully saturated rings. The number of carboxylic acid groups (broad SMARTS) is 1. The van der Waals surface area contributed by atoms with Gasteiger partial charge in [-0.25, -0.2) is 4.79 Å². The van der Waals surface area contributed by atoms with E-state index in [0.29, 0.717) is 0 Å². The van der Waals surface area contributed by atoms with E-state index in [0.717, 1.165) is 0 Å². The number of hydrogen-bond donors (Lipinski definition) is 1. The molecule has 0 bridgehead atoms. The van der Waals surface area contributed by atoms with Crippen LogP contribution in [0.25, 0.3) is 0 Å². The Kier molecular flexibility index (Phi) is 4.69. The molecule has 1 aromatic heterocycles. The molecule has 1 unspecified atom stereocenters. The Balaban J connectivity index is 3.12. The van der Waals surface area contributed by atoms with Crippen molar-refractivity contribution in [1.82, 2.24) is 9.97 Å². The lowest BCUT2D eigenvalue weighted by Gasteiger charge is -2.23. The summed E-state index contributed by atoms with van der Waals surface area (Å²) in [5.74, 6) is -0.974. The van der Waals surface area contributed by atoms with Crippen LogP contribution >= 0.6 is 0 Å². The summed E-state index contributed by atoms with van der Waals surface area (Å²) in [6, 6.07) is 3.05. The van der Waals surface area contributed by atoms with Gasteiger partial charge in [-0.15, -0.1) is 0 Å². The van der Waals surface area contributed by atoms with Crippen molar-refractivity contribution in [3.63, 3.8) is 0 Å². The van der Waals surface area contributed by atoms with E-state index in [1.54, 1.807) is 0 Å². The van der Waals surface area contributed by atoms with E-state index >= 15 is 0 Å². The van der Waals surface area contributed by atoms with Crippen LogP contribution in [-0.2, 0) is 4.79 Å². The Labute approximate surface area is 115 Å². The molecule has 0 aliphatic rings. The second-order valence-electron chi connectivity index (χ2n) is 4.40. The van der Waals surface area contributed by atoms with E-state index in [2.05, 4.69) is 9.97 Å². The van der Waals surface area contributed by atoms with Gasteiger partial charge in [0, 0.05) is 0 Å². The third-order valence-corrected chi connectivity index (χ3v) is 2.47. The zero-order chi connectivity index (χ0) is 15.3. The van der Waals surface area contributed by atoms with Crippen LogP contribution in [0.3, 0.4) is 0 Å². The minimum absolute atomic E-state index is 0.158. The predicted molar refractivity (Wildman–Crippen MR) is 66.6 cm³/mol. The summed E-state index contributed by atoms with van der Waals surface area (Å²) in [5.41, 5.74) is -1.26. The molecular weight excluding hydrogens is 266 g/mol. The number of methoxy groups -OCH3 is 2. The van der Waals surface area contributed by atoms with Crippen LogP contribution in [-0.4, -0.2) is 41.4 Å². The highest BCUT2D eigenvalue weighted by molar-refractivity contribution is 5.74. The highest BCUT2D eigenvalue weighted by Crippen LogP contribution is 2.26. The van der Waals surface area contributed by atoms with E-state index in [1.807, 2.05) is 6.07 Å². The summed E-state index contributed by atoms with van der Waals surface area (Å²) in [6.07, 6.45) is -1.43. The maximum absolute atomic E-state index is 11.2. The summed E-state index contributed by atoms with van der Waals surface area (Å²) in [5, 5.41) is 18.2. The lowest BCUT2D eigenvalue weighted by Crippen LogP contribution is -2.40. The normalized spacial score (nSPS) is 12.2. The van der Waals surface area contributed by atoms with Crippen LogP contribution in [0.2, 0.25) is 0 Å². The SMILES string of the molecule is COc1cc(OC)nc(OC(C(=O)O)C(C)(C)C#N)n1. The molecule has 0 saturated heterocycles. The van der Waals surface area contributed by atoms with Crippen molar-refractivity contribution in [1.29, 1.82) is 5.26 Å². The van der Waals surface area contributed by atoms with Gasteiger partial charge in [-0.05, 0) is 13.8 Å². The van der Waals surface area contributed by atoms with Gasteiger partial charge in [0.1, 0.15) is 0 Å². The molecule has 0 aliphatic heterocycles. The van der Waals surface area contributed by atoms with E-state index in [1.165, 1.54) is 34.1 Å². The number of aliphatic carboxylic acids is 1. The Hall–Kier alpha value is -2.56. The van der Waals surface area contributed by atoms with Gasteiger partial charge in [0.05, 0.1) is 31.8 Å². The van der Waals surface area contributed by atoms with Gasteiger partial charge in [-0.1, -0.05) is 0 Å². The minimum atomic E-state index is -1.43. The lowest BCUT2D eigenvalue weighted by atomic mass is 9.88. The van der Waals surface area contributed by atoms with Crippen LogP contribution in [0.15, 0.2) is 6.07 Å². The number of nitrogens with zero attached hydrogens (tertiary/aromatic N) is 3. The summed E-state index contributed by atoms with van der Waals surface area (Å²) in [6.45, 7) is 2.90. The molecule has 1 N–H and O–H groups in total. The first-order valence-corrected chi connectivity index (χ1v) is 5.62. The molecule has 8 nitrogen and oxygen atoms in total. The molecule has 0 saturated carbocycles. The quantitative estimate of drug-likeness (QED) is 0.817. The summed E-state index contributed by atoms with van der Waals surface area (Å²) in [4.78, 5) is 18.9. The predicted octanol–water partition coefficient (Wildman–Crippen LogP) is 0.876. The highest BCUT2D eigenvalue weighted by Gasteiger charge is 2.38. The molecule has 108 valence electrons. The number of aromatic nitrogens is 2. The molecule has 1 heterocycles. The Morgan fingerprint density at radius 2 is 1.85 bits per heavy atom. The van der Waals surface area contributed by atoms with Crippen LogP contribution < -0.4 is 14.2 Å². The largest absolute Gasteiger partial charge is 0.481 e. The molecule has 0 aliphatic carbocycles. The van der Waals surface area contributed by atoms with Crippen molar-refractivity contribution >= 4 is 5.97 Å². The van der Waals surface area contributed by atoms with E-state index in [-0.39, 0.29) is 17.8 Å². The van der Waals surface area contributed by atoms with Gasteiger partial charge in [0.25, 0.3) is 0 Å². The Morgan fingerprint density at radius 3 is 2.20 bits per heavy atom. The maximum atomic E-state index is 11.2. The van der Waals surface area contributed by atoms with Crippen molar-refractivity contribution < 1.29 is 24.1 Å². The Bertz CT molecular complexity index is 516. The second-order valence-corrected chi connectivity index (χ2v) is 4.40. The van der Waals surface area contributed by atoms with Gasteiger partial charge in [-0.2, -0.15) is 15.2 Å². The summed E-state index contributed by atoms with van der Waals surface area (Å²) >= 11 is 0. The Morgan fingerprint density at radius 1 is 1.35 bits per heavy atom. The number of carbonyl (C=O) groups is 1. The first-order valence-electron chi connectivity index (χ1n) is 5.62. The van der Waals surface area contributed by atoms with Crippen molar-refractivity contribution in [2.24, 2.45) is 5.41 Å². The average molecular weight is 281 g/mol. The number of rotatable bonds is 6. The first kappa shape index (κ1) is 15.5. The smallest absolute Gasteiger partial charge is 0.346 e. The van der Waals surface area contributed by atoms with Gasteiger partial charge in [0.2, 0.25) is 17.9 Å². The van der Waals surface area contributed by atoms with Crippen LogP contribution in [0, 0.1) is 16.7 Å². The van der Waals surface area contributed by atoms with E-state index in [9.17, 15) is 4.79 Å². The fraction of sp³-hybridized carbons (Fsp3) is 0.500. The van der Waals surface area contributed by atoms with Gasteiger partial charge >= 0.3 is 12.0 Å². The van der Waals surface area contributed by atoms with E-state index in [4.69, 9.17) is 24.6 Å².